The Balaban J connectivity index is 1.79. The second kappa shape index (κ2) is 9.10. The van der Waals surface area contributed by atoms with Crippen LogP contribution in [0.5, 0.6) is 0 Å². The zero-order valence-corrected chi connectivity index (χ0v) is 19.9. The summed E-state index contributed by atoms with van der Waals surface area (Å²) in [4.78, 5) is 49.1. The van der Waals surface area contributed by atoms with Crippen molar-refractivity contribution in [2.45, 2.75) is 20.4 Å². The first-order chi connectivity index (χ1) is 17.4. The van der Waals surface area contributed by atoms with Crippen LogP contribution in [0.4, 0.5) is 0 Å². The lowest BCUT2D eigenvalue weighted by Crippen LogP contribution is -2.41. The molecule has 9 heteroatoms. The Kier molecular flexibility index (Phi) is 5.81. The minimum absolute atomic E-state index is 0.0136. The molecular formula is C27H22N4O5. The van der Waals surface area contributed by atoms with Gasteiger partial charge in [-0.1, -0.05) is 36.4 Å². The molecule has 5 rings (SSSR count). The van der Waals surface area contributed by atoms with Crippen molar-refractivity contribution in [2.75, 3.05) is 7.11 Å². The Morgan fingerprint density at radius 2 is 1.64 bits per heavy atom. The van der Waals surface area contributed by atoms with Crippen LogP contribution in [-0.4, -0.2) is 32.2 Å². The average molecular weight is 482 g/mol. The third-order valence-corrected chi connectivity index (χ3v) is 5.86. The maximum Gasteiger partial charge on any atom is 0.338 e. The predicted octanol–water partition coefficient (Wildman–Crippen LogP) is 3.65. The summed E-state index contributed by atoms with van der Waals surface area (Å²) in [6.07, 6.45) is 0. The molecule has 0 saturated carbocycles. The summed E-state index contributed by atoms with van der Waals surface area (Å²) >= 11 is 0. The highest BCUT2D eigenvalue weighted by Crippen LogP contribution is 2.22. The Hall–Kier alpha value is -4.79. The molecular weight excluding hydrogens is 460 g/mol. The maximum atomic E-state index is 13.8. The summed E-state index contributed by atoms with van der Waals surface area (Å²) in [6.45, 7) is 3.25. The van der Waals surface area contributed by atoms with E-state index in [2.05, 4.69) is 9.97 Å². The van der Waals surface area contributed by atoms with E-state index >= 15 is 0 Å². The number of carbonyl (C=O) groups is 1. The second-order valence-corrected chi connectivity index (χ2v) is 8.23. The molecule has 0 spiro atoms. The number of methoxy groups -OCH3 is 1. The molecule has 0 atom stereocenters. The van der Waals surface area contributed by atoms with Gasteiger partial charge in [0.25, 0.3) is 5.56 Å². The number of hydrogen-bond acceptors (Lipinski definition) is 7. The van der Waals surface area contributed by atoms with Crippen molar-refractivity contribution < 1.29 is 13.9 Å². The zero-order valence-electron chi connectivity index (χ0n) is 19.9. The number of rotatable bonds is 5. The maximum absolute atomic E-state index is 13.8. The standard InChI is InChI=1S/C27H22N4O5/c1-16-14-20(26(33)35-3)22-23(28-16)31(19-12-8-5-9-13-19)27(34)30(25(22)32)15-21-17(2)36-24(29-21)18-10-6-4-7-11-18/h4-14H,15H2,1-3H3. The highest BCUT2D eigenvalue weighted by atomic mass is 16.5. The van der Waals surface area contributed by atoms with Crippen molar-refractivity contribution in [3.8, 4) is 17.1 Å². The van der Waals surface area contributed by atoms with E-state index in [0.717, 1.165) is 10.1 Å². The molecule has 0 aliphatic heterocycles. The topological polar surface area (TPSA) is 109 Å². The number of carbonyl (C=O) groups excluding carboxylic acids is 1. The molecule has 9 nitrogen and oxygen atoms in total. The van der Waals surface area contributed by atoms with E-state index in [4.69, 9.17) is 9.15 Å². The summed E-state index contributed by atoms with van der Waals surface area (Å²) in [5.41, 5.74) is 0.981. The Labute approximate surface area is 205 Å². The summed E-state index contributed by atoms with van der Waals surface area (Å²) in [5.74, 6) is 0.158. The van der Waals surface area contributed by atoms with E-state index in [1.54, 1.807) is 38.1 Å². The third-order valence-electron chi connectivity index (χ3n) is 5.86. The van der Waals surface area contributed by atoms with Crippen LogP contribution < -0.4 is 11.2 Å². The van der Waals surface area contributed by atoms with Crippen molar-refractivity contribution in [1.29, 1.82) is 0 Å². The molecule has 0 bridgehead atoms. The molecule has 0 unspecified atom stereocenters. The van der Waals surface area contributed by atoms with Gasteiger partial charge in [0, 0.05) is 11.3 Å². The summed E-state index contributed by atoms with van der Waals surface area (Å²) in [5, 5.41) is -0.0136. The van der Waals surface area contributed by atoms with Crippen molar-refractivity contribution in [2.24, 2.45) is 0 Å². The van der Waals surface area contributed by atoms with Gasteiger partial charge in [-0.25, -0.2) is 24.1 Å². The molecule has 0 amide bonds. The van der Waals surface area contributed by atoms with Crippen LogP contribution in [0.2, 0.25) is 0 Å². The fourth-order valence-electron chi connectivity index (χ4n) is 4.11. The van der Waals surface area contributed by atoms with Crippen LogP contribution in [0.1, 0.15) is 27.5 Å². The van der Waals surface area contributed by atoms with Gasteiger partial charge in [-0.05, 0) is 44.2 Å². The monoisotopic (exact) mass is 482 g/mol. The highest BCUT2D eigenvalue weighted by molar-refractivity contribution is 6.02. The fraction of sp³-hybridized carbons (Fsp3) is 0.148. The van der Waals surface area contributed by atoms with Gasteiger partial charge in [0.1, 0.15) is 11.5 Å². The largest absolute Gasteiger partial charge is 0.465 e. The van der Waals surface area contributed by atoms with Crippen LogP contribution in [0, 0.1) is 13.8 Å². The van der Waals surface area contributed by atoms with Crippen LogP contribution >= 0.6 is 0 Å². The van der Waals surface area contributed by atoms with Crippen molar-refractivity contribution in [3.63, 3.8) is 0 Å². The molecule has 0 fully saturated rings. The number of pyridine rings is 1. The first kappa shape index (κ1) is 23.0. The van der Waals surface area contributed by atoms with E-state index < -0.39 is 17.2 Å². The van der Waals surface area contributed by atoms with Crippen molar-refractivity contribution in [1.82, 2.24) is 19.1 Å². The number of aromatic nitrogens is 4. The molecule has 0 aliphatic rings. The van der Waals surface area contributed by atoms with Gasteiger partial charge in [0.15, 0.2) is 5.65 Å². The number of benzene rings is 2. The molecule has 180 valence electrons. The molecule has 0 N–H and O–H groups in total. The zero-order chi connectivity index (χ0) is 25.4. The minimum atomic E-state index is -0.698. The van der Waals surface area contributed by atoms with Gasteiger partial charge < -0.3 is 9.15 Å². The van der Waals surface area contributed by atoms with Gasteiger partial charge in [0.2, 0.25) is 5.89 Å². The van der Waals surface area contributed by atoms with Gasteiger partial charge in [0.05, 0.1) is 30.3 Å². The fourth-order valence-corrected chi connectivity index (χ4v) is 4.11. The van der Waals surface area contributed by atoms with E-state index in [1.165, 1.54) is 17.7 Å². The van der Waals surface area contributed by atoms with Gasteiger partial charge in [-0.3, -0.25) is 9.36 Å². The highest BCUT2D eigenvalue weighted by Gasteiger charge is 2.24. The van der Waals surface area contributed by atoms with E-state index in [-0.39, 0.29) is 23.1 Å². The van der Waals surface area contributed by atoms with Crippen LogP contribution in [0.25, 0.3) is 28.2 Å². The van der Waals surface area contributed by atoms with Gasteiger partial charge in [-0.15, -0.1) is 0 Å². The van der Waals surface area contributed by atoms with Gasteiger partial charge >= 0.3 is 11.7 Å². The normalized spacial score (nSPS) is 11.1. The lowest BCUT2D eigenvalue weighted by Gasteiger charge is -2.15. The van der Waals surface area contributed by atoms with Crippen molar-refractivity contribution in [3.05, 3.63) is 110 Å². The number of hydrogen-bond donors (Lipinski definition) is 0. The Morgan fingerprint density at radius 1 is 0.972 bits per heavy atom. The number of fused-ring (bicyclic) bond motifs is 1. The number of para-hydroxylation sites is 1. The molecule has 3 heterocycles. The molecule has 3 aromatic heterocycles. The van der Waals surface area contributed by atoms with E-state index in [1.807, 2.05) is 36.4 Å². The van der Waals surface area contributed by atoms with Gasteiger partial charge in [-0.2, -0.15) is 0 Å². The number of nitrogens with zero attached hydrogens (tertiary/aromatic N) is 4. The van der Waals surface area contributed by atoms with Crippen LogP contribution in [0.3, 0.4) is 0 Å². The third kappa shape index (κ3) is 3.90. The SMILES string of the molecule is COC(=O)c1cc(C)nc2c1c(=O)n(Cc1nc(-c3ccccc3)oc1C)c(=O)n2-c1ccccc1. The summed E-state index contributed by atoms with van der Waals surface area (Å²) in [7, 11) is 1.24. The molecule has 36 heavy (non-hydrogen) atoms. The molecule has 0 aliphatic carbocycles. The quantitative estimate of drug-likeness (QED) is 0.352. The number of ether oxygens (including phenoxy) is 1. The summed E-state index contributed by atoms with van der Waals surface area (Å²) < 4.78 is 13.1. The molecule has 5 aromatic rings. The first-order valence-electron chi connectivity index (χ1n) is 11.2. The van der Waals surface area contributed by atoms with Crippen LogP contribution in [0.15, 0.2) is 80.7 Å². The number of aryl methyl sites for hydroxylation is 2. The summed E-state index contributed by atoms with van der Waals surface area (Å²) in [6, 6.07) is 19.6. The first-order valence-corrected chi connectivity index (χ1v) is 11.2. The Bertz CT molecular complexity index is 1720. The number of oxazole rings is 1. The van der Waals surface area contributed by atoms with E-state index in [0.29, 0.717) is 28.7 Å². The molecule has 0 saturated heterocycles. The van der Waals surface area contributed by atoms with Crippen molar-refractivity contribution >= 4 is 17.0 Å². The molecule has 2 aromatic carbocycles. The second-order valence-electron chi connectivity index (χ2n) is 8.23. The average Bonchev–Trinajstić information content (AvgIpc) is 3.26. The lowest BCUT2D eigenvalue weighted by molar-refractivity contribution is 0.0602. The predicted molar refractivity (Wildman–Crippen MR) is 133 cm³/mol. The van der Waals surface area contributed by atoms with E-state index in [9.17, 15) is 14.4 Å². The molecule has 0 radical (unpaired) electrons. The number of esters is 1. The minimum Gasteiger partial charge on any atom is -0.465 e. The smallest absolute Gasteiger partial charge is 0.338 e. The Morgan fingerprint density at radius 3 is 2.31 bits per heavy atom. The van der Waals surface area contributed by atoms with Crippen LogP contribution in [-0.2, 0) is 11.3 Å². The lowest BCUT2D eigenvalue weighted by atomic mass is 10.1.